The molecule has 0 saturated heterocycles. The molecule has 17 heavy (non-hydrogen) atoms. The van der Waals surface area contributed by atoms with Crippen LogP contribution in [0.25, 0.3) is 0 Å². The van der Waals surface area contributed by atoms with Gasteiger partial charge in [0.15, 0.2) is 0 Å². The normalized spacial score (nSPS) is 18.2. The van der Waals surface area contributed by atoms with E-state index in [1.807, 2.05) is 29.6 Å². The van der Waals surface area contributed by atoms with Crippen molar-refractivity contribution < 1.29 is 9.53 Å². The molecule has 1 aliphatic heterocycles. The van der Waals surface area contributed by atoms with Crippen LogP contribution in [0, 0.1) is 0 Å². The van der Waals surface area contributed by atoms with Crippen molar-refractivity contribution in [2.75, 3.05) is 0 Å². The molecule has 0 bridgehead atoms. The fourth-order valence-corrected chi connectivity index (χ4v) is 3.13. The molecule has 0 aliphatic carbocycles. The number of ether oxygens (including phenoxy) is 1. The first-order valence-corrected chi connectivity index (χ1v) is 6.72. The van der Waals surface area contributed by atoms with Crippen molar-refractivity contribution in [3.8, 4) is 5.75 Å². The van der Waals surface area contributed by atoms with Gasteiger partial charge in [-0.25, -0.2) is 0 Å². The van der Waals surface area contributed by atoms with Crippen LogP contribution in [0.15, 0.2) is 40.2 Å². The van der Waals surface area contributed by atoms with Gasteiger partial charge < -0.3 is 10.1 Å². The number of carbonyl (C=O) groups excluding carboxylic acids is 1. The highest BCUT2D eigenvalue weighted by molar-refractivity contribution is 9.10. The maximum atomic E-state index is 11.9. The number of hydrogen-bond acceptors (Lipinski definition) is 3. The van der Waals surface area contributed by atoms with Gasteiger partial charge in [0.1, 0.15) is 5.75 Å². The summed E-state index contributed by atoms with van der Waals surface area (Å²) in [5, 5.41) is 4.79. The van der Waals surface area contributed by atoms with Gasteiger partial charge in [-0.1, -0.05) is 12.1 Å². The van der Waals surface area contributed by atoms with Crippen LogP contribution in [0.1, 0.15) is 21.5 Å². The number of fused-ring (bicyclic) bond motifs is 1. The third kappa shape index (κ3) is 1.96. The number of rotatable bonds is 1. The molecule has 5 heteroatoms. The van der Waals surface area contributed by atoms with Gasteiger partial charge in [0.2, 0.25) is 6.23 Å². The summed E-state index contributed by atoms with van der Waals surface area (Å²) in [6.07, 6.45) is -0.395. The maximum Gasteiger partial charge on any atom is 0.258 e. The van der Waals surface area contributed by atoms with E-state index < -0.39 is 6.23 Å². The molecule has 1 atom stereocenters. The van der Waals surface area contributed by atoms with Crippen LogP contribution in [0.3, 0.4) is 0 Å². The molecular weight excluding hydrogens is 302 g/mol. The molecule has 1 unspecified atom stereocenters. The van der Waals surface area contributed by atoms with Gasteiger partial charge in [0.05, 0.1) is 10.4 Å². The lowest BCUT2D eigenvalue weighted by molar-refractivity contribution is 0.0762. The molecule has 0 saturated carbocycles. The fourth-order valence-electron chi connectivity index (χ4n) is 1.71. The Morgan fingerprint density at radius 2 is 2.18 bits per heavy atom. The zero-order chi connectivity index (χ0) is 11.8. The summed E-state index contributed by atoms with van der Waals surface area (Å²) >= 11 is 4.93. The minimum Gasteiger partial charge on any atom is -0.465 e. The summed E-state index contributed by atoms with van der Waals surface area (Å²) in [5.41, 5.74) is 0.583. The molecule has 3 rings (SSSR count). The predicted octanol–water partition coefficient (Wildman–Crippen LogP) is 3.33. The van der Waals surface area contributed by atoms with Crippen LogP contribution in [-0.2, 0) is 0 Å². The highest BCUT2D eigenvalue weighted by atomic mass is 79.9. The molecular formula is C12H8BrNO2S. The third-order valence-electron chi connectivity index (χ3n) is 2.48. The quantitative estimate of drug-likeness (QED) is 0.877. The zero-order valence-electron chi connectivity index (χ0n) is 8.64. The molecule has 1 aromatic heterocycles. The Morgan fingerprint density at radius 3 is 2.94 bits per heavy atom. The van der Waals surface area contributed by atoms with E-state index in [9.17, 15) is 4.79 Å². The minimum absolute atomic E-state index is 0.0960. The van der Waals surface area contributed by atoms with E-state index in [2.05, 4.69) is 21.2 Å². The summed E-state index contributed by atoms with van der Waals surface area (Å²) in [6, 6.07) is 9.20. The first-order valence-electron chi connectivity index (χ1n) is 5.04. The predicted molar refractivity (Wildman–Crippen MR) is 69.3 cm³/mol. The molecule has 86 valence electrons. The number of hydrogen-bond donors (Lipinski definition) is 1. The second-order valence-corrected chi connectivity index (χ2v) is 5.49. The number of carbonyl (C=O) groups is 1. The molecule has 2 heterocycles. The Hall–Kier alpha value is -1.33. The van der Waals surface area contributed by atoms with Crippen molar-refractivity contribution in [1.82, 2.24) is 5.32 Å². The van der Waals surface area contributed by atoms with Crippen LogP contribution in [0.4, 0.5) is 0 Å². The molecule has 1 amide bonds. The van der Waals surface area contributed by atoms with Crippen LogP contribution in [-0.4, -0.2) is 5.91 Å². The standard InChI is InChI=1S/C12H8BrNO2S/c13-7-5-10(17-6-7)12-14-11(15)8-3-1-2-4-9(8)16-12/h1-6,12H,(H,14,15). The van der Waals surface area contributed by atoms with Gasteiger partial charge in [-0.3, -0.25) is 4.79 Å². The molecule has 0 radical (unpaired) electrons. The number of amides is 1. The summed E-state index contributed by atoms with van der Waals surface area (Å²) in [5.74, 6) is 0.534. The van der Waals surface area contributed by atoms with Gasteiger partial charge in [-0.2, -0.15) is 0 Å². The van der Waals surface area contributed by atoms with E-state index >= 15 is 0 Å². The van der Waals surface area contributed by atoms with E-state index in [1.54, 1.807) is 17.4 Å². The topological polar surface area (TPSA) is 38.3 Å². The molecule has 3 nitrogen and oxygen atoms in total. The number of thiophene rings is 1. The van der Waals surface area contributed by atoms with E-state index in [-0.39, 0.29) is 5.91 Å². The fraction of sp³-hybridized carbons (Fsp3) is 0.0833. The Labute approximate surface area is 111 Å². The zero-order valence-corrected chi connectivity index (χ0v) is 11.0. The van der Waals surface area contributed by atoms with Crippen molar-refractivity contribution >= 4 is 33.2 Å². The van der Waals surface area contributed by atoms with Crippen molar-refractivity contribution in [2.24, 2.45) is 0 Å². The van der Waals surface area contributed by atoms with Crippen LogP contribution in [0.5, 0.6) is 5.75 Å². The Bertz CT molecular complexity index is 581. The first-order chi connectivity index (χ1) is 8.24. The average Bonchev–Trinajstić information content (AvgIpc) is 2.76. The Morgan fingerprint density at radius 1 is 1.35 bits per heavy atom. The summed E-state index contributed by atoms with van der Waals surface area (Å²) in [6.45, 7) is 0. The SMILES string of the molecule is O=C1NC(c2cc(Br)cs2)Oc2ccccc21. The van der Waals surface area contributed by atoms with E-state index in [0.717, 1.165) is 9.35 Å². The molecule has 0 spiro atoms. The Kier molecular flexibility index (Phi) is 2.64. The number of benzene rings is 1. The lowest BCUT2D eigenvalue weighted by Gasteiger charge is -2.25. The number of para-hydroxylation sites is 1. The number of nitrogens with one attached hydrogen (secondary N) is 1. The molecule has 1 N–H and O–H groups in total. The Balaban J connectivity index is 1.96. The monoisotopic (exact) mass is 309 g/mol. The summed E-state index contributed by atoms with van der Waals surface area (Å²) in [7, 11) is 0. The second kappa shape index (κ2) is 4.16. The smallest absolute Gasteiger partial charge is 0.258 e. The highest BCUT2D eigenvalue weighted by Crippen LogP contribution is 2.32. The summed E-state index contributed by atoms with van der Waals surface area (Å²) < 4.78 is 6.75. The average molecular weight is 310 g/mol. The summed E-state index contributed by atoms with van der Waals surface area (Å²) in [4.78, 5) is 12.8. The molecule has 1 aliphatic rings. The van der Waals surface area contributed by atoms with Crippen molar-refractivity contribution in [1.29, 1.82) is 0 Å². The number of halogens is 1. The lowest BCUT2D eigenvalue weighted by Crippen LogP contribution is -2.36. The van der Waals surface area contributed by atoms with Gasteiger partial charge in [0.25, 0.3) is 5.91 Å². The lowest BCUT2D eigenvalue weighted by atomic mass is 10.1. The van der Waals surface area contributed by atoms with Gasteiger partial charge in [0, 0.05) is 9.85 Å². The second-order valence-electron chi connectivity index (χ2n) is 3.63. The first kappa shape index (κ1) is 10.8. The van der Waals surface area contributed by atoms with Crippen LogP contribution in [0.2, 0.25) is 0 Å². The van der Waals surface area contributed by atoms with Crippen molar-refractivity contribution in [3.63, 3.8) is 0 Å². The molecule has 0 fully saturated rings. The highest BCUT2D eigenvalue weighted by Gasteiger charge is 2.26. The minimum atomic E-state index is -0.395. The molecule has 2 aromatic rings. The van der Waals surface area contributed by atoms with Crippen molar-refractivity contribution in [3.05, 3.63) is 50.6 Å². The van der Waals surface area contributed by atoms with Crippen molar-refractivity contribution in [2.45, 2.75) is 6.23 Å². The largest absolute Gasteiger partial charge is 0.465 e. The van der Waals surface area contributed by atoms with Gasteiger partial charge in [-0.15, -0.1) is 11.3 Å². The van der Waals surface area contributed by atoms with Crippen LogP contribution < -0.4 is 10.1 Å². The van der Waals surface area contributed by atoms with E-state index in [4.69, 9.17) is 4.74 Å². The maximum absolute atomic E-state index is 11.9. The van der Waals surface area contributed by atoms with E-state index in [0.29, 0.717) is 11.3 Å². The third-order valence-corrected chi connectivity index (χ3v) is 4.22. The van der Waals surface area contributed by atoms with Gasteiger partial charge in [-0.05, 0) is 34.1 Å². The molecule has 1 aromatic carbocycles. The van der Waals surface area contributed by atoms with Crippen LogP contribution >= 0.6 is 27.3 Å². The van der Waals surface area contributed by atoms with E-state index in [1.165, 1.54) is 0 Å². The van der Waals surface area contributed by atoms with Gasteiger partial charge >= 0.3 is 0 Å².